The number of carbonyl (C=O) groups is 1. The standard InChI is InChI=1S/C19H15BrF5N3O2S/c1-9(12-6-7-13(20)31-12)26-17(29)14-15(16(21)22)27-28(2)18(14)30-11-5-3-4-10(8-11)19(23,24)25/h3-9,16H,1-2H3,(H,26,29)/t9-/m0/s1. The second-order valence-corrected chi connectivity index (χ2v) is 8.95. The van der Waals surface area contributed by atoms with Gasteiger partial charge in [-0.15, -0.1) is 11.3 Å². The van der Waals surface area contributed by atoms with Gasteiger partial charge in [-0.1, -0.05) is 6.07 Å². The number of aromatic nitrogens is 2. The van der Waals surface area contributed by atoms with Crippen LogP contribution in [-0.4, -0.2) is 15.7 Å². The Morgan fingerprint density at radius 2 is 1.97 bits per heavy atom. The quantitative estimate of drug-likeness (QED) is 0.376. The van der Waals surface area contributed by atoms with Gasteiger partial charge in [-0.25, -0.2) is 13.5 Å². The van der Waals surface area contributed by atoms with Crippen LogP contribution < -0.4 is 10.1 Å². The lowest BCUT2D eigenvalue weighted by atomic mass is 10.2. The summed E-state index contributed by atoms with van der Waals surface area (Å²) in [4.78, 5) is 13.6. The number of aryl methyl sites for hydroxylation is 1. The largest absolute Gasteiger partial charge is 0.438 e. The highest BCUT2D eigenvalue weighted by molar-refractivity contribution is 9.11. The van der Waals surface area contributed by atoms with Crippen LogP contribution in [-0.2, 0) is 13.2 Å². The molecular weight excluding hydrogens is 509 g/mol. The maximum absolute atomic E-state index is 13.5. The van der Waals surface area contributed by atoms with Crippen LogP contribution in [0, 0.1) is 0 Å². The van der Waals surface area contributed by atoms with Gasteiger partial charge in [0.1, 0.15) is 17.0 Å². The molecule has 3 rings (SSSR count). The van der Waals surface area contributed by atoms with Gasteiger partial charge in [-0.2, -0.15) is 18.3 Å². The Morgan fingerprint density at radius 3 is 2.55 bits per heavy atom. The van der Waals surface area contributed by atoms with Gasteiger partial charge in [0.15, 0.2) is 0 Å². The number of benzene rings is 1. The molecule has 0 radical (unpaired) electrons. The van der Waals surface area contributed by atoms with Crippen molar-refractivity contribution in [2.45, 2.75) is 25.6 Å². The summed E-state index contributed by atoms with van der Waals surface area (Å²) in [7, 11) is 1.26. The first-order valence-corrected chi connectivity index (χ1v) is 10.3. The molecule has 0 saturated heterocycles. The van der Waals surface area contributed by atoms with Crippen LogP contribution in [0.25, 0.3) is 0 Å². The van der Waals surface area contributed by atoms with Crippen LogP contribution in [0.2, 0.25) is 0 Å². The first-order valence-electron chi connectivity index (χ1n) is 8.73. The molecule has 12 heteroatoms. The minimum absolute atomic E-state index is 0.275. The number of carbonyl (C=O) groups excluding carboxylic acids is 1. The van der Waals surface area contributed by atoms with Crippen molar-refractivity contribution in [2.75, 3.05) is 0 Å². The zero-order chi connectivity index (χ0) is 22.9. The highest BCUT2D eigenvalue weighted by atomic mass is 79.9. The maximum Gasteiger partial charge on any atom is 0.416 e. The molecule has 1 aromatic carbocycles. The Kier molecular flexibility index (Phi) is 6.70. The fourth-order valence-electron chi connectivity index (χ4n) is 2.76. The minimum atomic E-state index is -4.62. The number of halogens is 6. The van der Waals surface area contributed by atoms with E-state index in [-0.39, 0.29) is 5.75 Å². The number of hydrogen-bond acceptors (Lipinski definition) is 4. The smallest absolute Gasteiger partial charge is 0.416 e. The van der Waals surface area contributed by atoms with E-state index < -0.39 is 47.3 Å². The van der Waals surface area contributed by atoms with Crippen molar-refractivity contribution in [1.29, 1.82) is 0 Å². The molecule has 31 heavy (non-hydrogen) atoms. The number of thiophene rings is 1. The van der Waals surface area contributed by atoms with Crippen molar-refractivity contribution in [3.05, 3.63) is 61.9 Å². The van der Waals surface area contributed by atoms with Crippen molar-refractivity contribution in [1.82, 2.24) is 15.1 Å². The van der Waals surface area contributed by atoms with Gasteiger partial charge in [-0.05, 0) is 53.2 Å². The molecule has 3 aromatic rings. The molecule has 0 bridgehead atoms. The predicted octanol–water partition coefficient (Wildman–Crippen LogP) is 6.48. The van der Waals surface area contributed by atoms with Crippen molar-refractivity contribution in [2.24, 2.45) is 7.05 Å². The zero-order valence-corrected chi connectivity index (χ0v) is 18.4. The zero-order valence-electron chi connectivity index (χ0n) is 16.0. The van der Waals surface area contributed by atoms with Crippen LogP contribution in [0.4, 0.5) is 22.0 Å². The van der Waals surface area contributed by atoms with Gasteiger partial charge in [0.25, 0.3) is 12.3 Å². The van der Waals surface area contributed by atoms with E-state index in [0.717, 1.165) is 25.5 Å². The molecule has 0 unspecified atom stereocenters. The van der Waals surface area contributed by atoms with E-state index >= 15 is 0 Å². The Hall–Kier alpha value is -2.47. The topological polar surface area (TPSA) is 56.2 Å². The Bertz CT molecular complexity index is 1100. The summed E-state index contributed by atoms with van der Waals surface area (Å²) < 4.78 is 73.1. The fraction of sp³-hybridized carbons (Fsp3) is 0.263. The molecule has 0 spiro atoms. The van der Waals surface area contributed by atoms with Crippen LogP contribution in [0.1, 0.15) is 45.9 Å². The third kappa shape index (κ3) is 5.24. The van der Waals surface area contributed by atoms with Crippen LogP contribution in [0.3, 0.4) is 0 Å². The molecule has 0 saturated carbocycles. The van der Waals surface area contributed by atoms with Gasteiger partial charge in [0.05, 0.1) is 15.4 Å². The molecule has 2 heterocycles. The lowest BCUT2D eigenvalue weighted by Gasteiger charge is -2.14. The SMILES string of the molecule is C[C@H](NC(=O)c1c(C(F)F)nn(C)c1Oc1cccc(C(F)(F)F)c1)c1ccc(Br)s1. The highest BCUT2D eigenvalue weighted by Gasteiger charge is 2.33. The monoisotopic (exact) mass is 523 g/mol. The van der Waals surface area contributed by atoms with Gasteiger partial charge in [0.2, 0.25) is 5.88 Å². The summed E-state index contributed by atoms with van der Waals surface area (Å²) in [6.07, 6.45) is -7.72. The molecule has 2 aromatic heterocycles. The summed E-state index contributed by atoms with van der Waals surface area (Å²) in [5.74, 6) is -1.56. The normalized spacial score (nSPS) is 12.8. The molecule has 0 aliphatic carbocycles. The van der Waals surface area contributed by atoms with Gasteiger partial charge >= 0.3 is 6.18 Å². The van der Waals surface area contributed by atoms with E-state index in [0.29, 0.717) is 6.07 Å². The number of amides is 1. The lowest BCUT2D eigenvalue weighted by molar-refractivity contribution is -0.137. The Morgan fingerprint density at radius 1 is 1.26 bits per heavy atom. The molecule has 166 valence electrons. The van der Waals surface area contributed by atoms with Crippen LogP contribution >= 0.6 is 27.3 Å². The number of rotatable bonds is 6. The summed E-state index contributed by atoms with van der Waals surface area (Å²) in [5, 5.41) is 6.24. The molecule has 5 nitrogen and oxygen atoms in total. The first-order chi connectivity index (χ1) is 14.5. The lowest BCUT2D eigenvalue weighted by Crippen LogP contribution is -2.27. The van der Waals surface area contributed by atoms with E-state index in [1.54, 1.807) is 19.1 Å². The molecule has 0 aliphatic heterocycles. The second kappa shape index (κ2) is 8.95. The van der Waals surface area contributed by atoms with Gasteiger partial charge < -0.3 is 10.1 Å². The molecular formula is C19H15BrF5N3O2S. The van der Waals surface area contributed by atoms with Crippen LogP contribution in [0.5, 0.6) is 11.6 Å². The van der Waals surface area contributed by atoms with Crippen molar-refractivity contribution < 1.29 is 31.5 Å². The maximum atomic E-state index is 13.5. The molecule has 1 atom stereocenters. The summed E-state index contributed by atoms with van der Waals surface area (Å²) in [5.41, 5.74) is -2.36. The summed E-state index contributed by atoms with van der Waals surface area (Å²) >= 11 is 4.66. The third-order valence-corrected chi connectivity index (χ3v) is 6.01. The molecule has 0 fully saturated rings. The molecule has 1 amide bonds. The van der Waals surface area contributed by atoms with Crippen molar-refractivity contribution in [3.8, 4) is 11.6 Å². The average Bonchev–Trinajstić information content (AvgIpc) is 3.25. The van der Waals surface area contributed by atoms with Crippen LogP contribution in [0.15, 0.2) is 40.2 Å². The Labute approximate surface area is 186 Å². The molecule has 1 N–H and O–H groups in total. The van der Waals surface area contributed by atoms with Gasteiger partial charge in [0, 0.05) is 11.9 Å². The molecule has 0 aliphatic rings. The number of nitrogens with one attached hydrogen (secondary N) is 1. The number of alkyl halides is 5. The van der Waals surface area contributed by atoms with Crippen molar-refractivity contribution in [3.63, 3.8) is 0 Å². The first kappa shape index (κ1) is 23.2. The summed E-state index contributed by atoms with van der Waals surface area (Å²) in [6, 6.07) is 6.90. The van der Waals surface area contributed by atoms with E-state index in [1.807, 2.05) is 0 Å². The third-order valence-electron chi connectivity index (χ3n) is 4.20. The Balaban J connectivity index is 1.95. The number of ether oxygens (including phenoxy) is 1. The van der Waals surface area contributed by atoms with E-state index in [4.69, 9.17) is 4.74 Å². The predicted molar refractivity (Wildman–Crippen MR) is 108 cm³/mol. The van der Waals surface area contributed by atoms with E-state index in [2.05, 4.69) is 26.3 Å². The van der Waals surface area contributed by atoms with E-state index in [9.17, 15) is 26.7 Å². The fourth-order valence-corrected chi connectivity index (χ4v) is 4.19. The van der Waals surface area contributed by atoms with E-state index in [1.165, 1.54) is 24.5 Å². The van der Waals surface area contributed by atoms with Gasteiger partial charge in [-0.3, -0.25) is 4.79 Å². The summed E-state index contributed by atoms with van der Waals surface area (Å²) in [6.45, 7) is 1.67. The highest BCUT2D eigenvalue weighted by Crippen LogP contribution is 2.36. The minimum Gasteiger partial charge on any atom is -0.438 e. The van der Waals surface area contributed by atoms with Crippen molar-refractivity contribution >= 4 is 33.2 Å². The second-order valence-electron chi connectivity index (χ2n) is 6.45. The number of hydrogen-bond donors (Lipinski definition) is 1. The average molecular weight is 524 g/mol. The number of nitrogens with zero attached hydrogens (tertiary/aromatic N) is 2.